The van der Waals surface area contributed by atoms with Crippen molar-refractivity contribution in [3.63, 3.8) is 0 Å². The zero-order valence-corrected chi connectivity index (χ0v) is 16.8. The lowest BCUT2D eigenvalue weighted by Gasteiger charge is -2.28. The molecular weight excluding hydrogens is 394 g/mol. The molecule has 0 bridgehead atoms. The number of carbonyl (C=O) groups is 2. The number of fused-ring (bicyclic) bond motifs is 1. The number of aliphatic imine (C=N–C) groups is 1. The van der Waals surface area contributed by atoms with E-state index in [1.165, 1.54) is 16.7 Å². The van der Waals surface area contributed by atoms with Gasteiger partial charge in [-0.05, 0) is 29.8 Å². The quantitative estimate of drug-likeness (QED) is 0.642. The van der Waals surface area contributed by atoms with E-state index in [9.17, 15) is 9.59 Å². The van der Waals surface area contributed by atoms with Gasteiger partial charge in [-0.15, -0.1) is 0 Å². The molecule has 148 valence electrons. The van der Waals surface area contributed by atoms with Crippen molar-refractivity contribution in [2.75, 3.05) is 10.2 Å². The number of thioether (sulfide) groups is 1. The van der Waals surface area contributed by atoms with Crippen LogP contribution in [0.2, 0.25) is 0 Å². The molecule has 2 aliphatic heterocycles. The second-order valence-corrected chi connectivity index (χ2v) is 8.32. The van der Waals surface area contributed by atoms with E-state index in [1.54, 1.807) is 12.1 Å². The van der Waals surface area contributed by atoms with Gasteiger partial charge in [0.25, 0.3) is 0 Å². The number of hydrogen-bond acceptors (Lipinski definition) is 5. The van der Waals surface area contributed by atoms with Crippen molar-refractivity contribution < 1.29 is 9.59 Å². The van der Waals surface area contributed by atoms with Gasteiger partial charge in [-0.2, -0.15) is 0 Å². The molecule has 2 heterocycles. The maximum atomic E-state index is 13.4. The van der Waals surface area contributed by atoms with Gasteiger partial charge in [0, 0.05) is 5.69 Å². The normalized spacial score (nSPS) is 23.1. The maximum Gasteiger partial charge on any atom is 0.248 e. The van der Waals surface area contributed by atoms with Crippen molar-refractivity contribution in [1.29, 1.82) is 0 Å². The smallest absolute Gasteiger partial charge is 0.248 e. The summed E-state index contributed by atoms with van der Waals surface area (Å²) < 4.78 is 0. The van der Waals surface area contributed by atoms with Crippen LogP contribution >= 0.6 is 11.8 Å². The molecule has 0 radical (unpaired) electrons. The second kappa shape index (κ2) is 7.80. The van der Waals surface area contributed by atoms with Crippen LogP contribution in [-0.4, -0.2) is 22.2 Å². The molecule has 5 nitrogen and oxygen atoms in total. The van der Waals surface area contributed by atoms with Crippen LogP contribution in [0.25, 0.3) is 0 Å². The van der Waals surface area contributed by atoms with Crippen molar-refractivity contribution in [2.24, 2.45) is 10.9 Å². The van der Waals surface area contributed by atoms with Crippen LogP contribution in [0.1, 0.15) is 11.6 Å². The van der Waals surface area contributed by atoms with Crippen LogP contribution in [0.4, 0.5) is 11.4 Å². The maximum absolute atomic E-state index is 13.4. The van der Waals surface area contributed by atoms with Crippen LogP contribution in [0.15, 0.2) is 96.0 Å². The number of amides is 2. The standard InChI is InChI=1S/C24H19N3O2S/c28-22-19-20(16-10-4-1-5-11-16)26-24(25-17-12-6-2-7-13-17)30-21(19)23(29)27(22)18-14-8-3-9-15-18/h1-15,19-21H,(H,25,26)/t19-,20+,21+/m1/s1. The molecule has 0 spiro atoms. The van der Waals surface area contributed by atoms with Crippen LogP contribution in [-0.2, 0) is 9.59 Å². The summed E-state index contributed by atoms with van der Waals surface area (Å²) in [7, 11) is 0. The lowest BCUT2D eigenvalue weighted by molar-refractivity contribution is -0.122. The average Bonchev–Trinajstić information content (AvgIpc) is 3.05. The molecule has 1 N–H and O–H groups in total. The Balaban J connectivity index is 1.55. The number of benzene rings is 3. The van der Waals surface area contributed by atoms with E-state index in [0.717, 1.165) is 11.3 Å². The van der Waals surface area contributed by atoms with Crippen LogP contribution in [0.5, 0.6) is 0 Å². The van der Waals surface area contributed by atoms with Crippen molar-refractivity contribution in [1.82, 2.24) is 0 Å². The first-order valence-corrected chi connectivity index (χ1v) is 10.6. The molecule has 2 aliphatic rings. The highest BCUT2D eigenvalue weighted by molar-refractivity contribution is 8.15. The van der Waals surface area contributed by atoms with Gasteiger partial charge < -0.3 is 5.32 Å². The number of hydrogen-bond donors (Lipinski definition) is 1. The number of rotatable bonds is 3. The van der Waals surface area contributed by atoms with E-state index in [4.69, 9.17) is 4.99 Å². The third kappa shape index (κ3) is 3.29. The first-order chi connectivity index (χ1) is 14.7. The summed E-state index contributed by atoms with van der Waals surface area (Å²) in [4.78, 5) is 32.9. The minimum atomic E-state index is -0.536. The Hall–Kier alpha value is -3.38. The summed E-state index contributed by atoms with van der Waals surface area (Å²) in [6, 6.07) is 28.1. The lowest BCUT2D eigenvalue weighted by atomic mass is 9.91. The number of imide groups is 1. The number of amidine groups is 1. The third-order valence-corrected chi connectivity index (χ3v) is 6.49. The summed E-state index contributed by atoms with van der Waals surface area (Å²) in [5.41, 5.74) is 2.42. The van der Waals surface area contributed by atoms with Gasteiger partial charge >= 0.3 is 0 Å². The van der Waals surface area contributed by atoms with E-state index >= 15 is 0 Å². The second-order valence-electron chi connectivity index (χ2n) is 7.19. The Morgan fingerprint density at radius 2 is 1.37 bits per heavy atom. The molecular formula is C24H19N3O2S. The number of para-hydroxylation sites is 2. The summed E-state index contributed by atoms with van der Waals surface area (Å²) in [5, 5.41) is 3.44. The fourth-order valence-corrected chi connectivity index (χ4v) is 5.13. The fourth-order valence-electron chi connectivity index (χ4n) is 3.92. The van der Waals surface area contributed by atoms with Gasteiger partial charge in [-0.3, -0.25) is 14.6 Å². The molecule has 0 saturated carbocycles. The summed E-state index contributed by atoms with van der Waals surface area (Å²) >= 11 is 1.33. The van der Waals surface area contributed by atoms with Gasteiger partial charge in [0.05, 0.1) is 17.6 Å². The van der Waals surface area contributed by atoms with Crippen LogP contribution in [0, 0.1) is 5.92 Å². The Bertz CT molecular complexity index is 1100. The monoisotopic (exact) mass is 413 g/mol. The SMILES string of the molecule is O=C1[C@H]2[C@H](SC(Nc3ccccc3)=N[C@H]2c2ccccc2)C(=O)N1c1ccccc1. The Morgan fingerprint density at radius 3 is 2.03 bits per heavy atom. The predicted octanol–water partition coefficient (Wildman–Crippen LogP) is 4.50. The van der Waals surface area contributed by atoms with E-state index in [-0.39, 0.29) is 11.8 Å². The number of carbonyl (C=O) groups excluding carboxylic acids is 2. The summed E-state index contributed by atoms with van der Waals surface area (Å²) in [5.74, 6) is -0.920. The molecule has 2 amide bonds. The molecule has 0 unspecified atom stereocenters. The molecule has 1 fully saturated rings. The highest BCUT2D eigenvalue weighted by atomic mass is 32.2. The average molecular weight is 414 g/mol. The first kappa shape index (κ1) is 18.6. The van der Waals surface area contributed by atoms with E-state index in [1.807, 2.05) is 78.9 Å². The van der Waals surface area contributed by atoms with Crippen LogP contribution in [0.3, 0.4) is 0 Å². The molecule has 1 saturated heterocycles. The van der Waals surface area contributed by atoms with E-state index in [0.29, 0.717) is 10.9 Å². The highest BCUT2D eigenvalue weighted by Gasteiger charge is 2.54. The summed E-state index contributed by atoms with van der Waals surface area (Å²) in [6.07, 6.45) is 0. The van der Waals surface area contributed by atoms with Crippen molar-refractivity contribution >= 4 is 40.1 Å². The van der Waals surface area contributed by atoms with Gasteiger partial charge in [0.15, 0.2) is 5.17 Å². The van der Waals surface area contributed by atoms with Gasteiger partial charge in [0.1, 0.15) is 5.25 Å². The lowest BCUT2D eigenvalue weighted by Crippen LogP contribution is -2.33. The predicted molar refractivity (Wildman–Crippen MR) is 120 cm³/mol. The van der Waals surface area contributed by atoms with E-state index in [2.05, 4.69) is 5.32 Å². The van der Waals surface area contributed by atoms with Crippen molar-refractivity contribution in [3.8, 4) is 0 Å². The molecule has 5 rings (SSSR count). The molecule has 30 heavy (non-hydrogen) atoms. The number of nitrogens with one attached hydrogen (secondary N) is 1. The minimum Gasteiger partial charge on any atom is -0.335 e. The Kier molecular flexibility index (Phi) is 4.85. The fraction of sp³-hybridized carbons (Fsp3) is 0.125. The van der Waals surface area contributed by atoms with Crippen LogP contribution < -0.4 is 10.2 Å². The van der Waals surface area contributed by atoms with Crippen molar-refractivity contribution in [2.45, 2.75) is 11.3 Å². The molecule has 6 heteroatoms. The topological polar surface area (TPSA) is 61.8 Å². The van der Waals surface area contributed by atoms with E-state index < -0.39 is 17.2 Å². The summed E-state index contributed by atoms with van der Waals surface area (Å²) in [6.45, 7) is 0. The van der Waals surface area contributed by atoms with Crippen molar-refractivity contribution in [3.05, 3.63) is 96.6 Å². The zero-order valence-electron chi connectivity index (χ0n) is 16.0. The number of nitrogens with zero attached hydrogens (tertiary/aromatic N) is 2. The molecule has 3 aromatic rings. The molecule has 3 atom stereocenters. The Labute approximate surface area is 178 Å². The zero-order chi connectivity index (χ0) is 20.5. The largest absolute Gasteiger partial charge is 0.335 e. The number of anilines is 2. The molecule has 3 aromatic carbocycles. The van der Waals surface area contributed by atoms with Gasteiger partial charge in [-0.25, -0.2) is 4.90 Å². The first-order valence-electron chi connectivity index (χ1n) is 9.77. The highest BCUT2D eigenvalue weighted by Crippen LogP contribution is 2.46. The molecule has 0 aliphatic carbocycles. The van der Waals surface area contributed by atoms with Gasteiger partial charge in [-0.1, -0.05) is 78.5 Å². The minimum absolute atomic E-state index is 0.190. The third-order valence-electron chi connectivity index (χ3n) is 5.31. The van der Waals surface area contributed by atoms with Gasteiger partial charge in [0.2, 0.25) is 11.8 Å². The molecule has 0 aromatic heterocycles. The Morgan fingerprint density at radius 1 is 0.767 bits per heavy atom.